The number of halogens is 1. The summed E-state index contributed by atoms with van der Waals surface area (Å²) in [6.07, 6.45) is 0.864. The van der Waals surface area contributed by atoms with Crippen molar-refractivity contribution in [3.63, 3.8) is 0 Å². The van der Waals surface area contributed by atoms with Gasteiger partial charge in [0.15, 0.2) is 0 Å². The highest BCUT2D eigenvalue weighted by Gasteiger charge is 2.63. The molecule has 0 spiro atoms. The lowest BCUT2D eigenvalue weighted by Crippen LogP contribution is -2.12. The van der Waals surface area contributed by atoms with Crippen molar-refractivity contribution < 1.29 is 4.74 Å². The van der Waals surface area contributed by atoms with Crippen LogP contribution in [0, 0.1) is 16.7 Å². The normalized spacial score (nSPS) is 25.9. The maximum Gasteiger partial charge on any atom is 0.120 e. The number of rotatable bonds is 2. The second-order valence-electron chi connectivity index (χ2n) is 4.92. The first-order chi connectivity index (χ1) is 7.47. The molecule has 1 saturated carbocycles. The highest BCUT2D eigenvalue weighted by Crippen LogP contribution is 2.65. The molecule has 0 heterocycles. The zero-order valence-electron chi connectivity index (χ0n) is 9.67. The predicted molar refractivity (Wildman–Crippen MR) is 63.7 cm³/mol. The number of hydrogen-bond donors (Lipinski definition) is 0. The molecule has 0 saturated heterocycles. The molecular weight excluding hydrogens is 222 g/mol. The minimum Gasteiger partial charge on any atom is -0.497 e. The molecule has 0 N–H and O–H groups in total. The van der Waals surface area contributed by atoms with E-state index in [0.717, 1.165) is 17.7 Å². The van der Waals surface area contributed by atoms with Gasteiger partial charge in [0, 0.05) is 5.02 Å². The van der Waals surface area contributed by atoms with Gasteiger partial charge in [-0.05, 0) is 29.5 Å². The van der Waals surface area contributed by atoms with E-state index in [2.05, 4.69) is 19.9 Å². The van der Waals surface area contributed by atoms with Gasteiger partial charge in [-0.25, -0.2) is 0 Å². The number of nitrogens with zero attached hydrogens (tertiary/aromatic N) is 1. The van der Waals surface area contributed by atoms with Gasteiger partial charge in [-0.1, -0.05) is 31.5 Å². The van der Waals surface area contributed by atoms with E-state index in [4.69, 9.17) is 16.3 Å². The highest BCUT2D eigenvalue weighted by molar-refractivity contribution is 6.31. The number of nitriles is 1. The van der Waals surface area contributed by atoms with Crippen LogP contribution in [0.4, 0.5) is 0 Å². The van der Waals surface area contributed by atoms with Crippen LogP contribution in [0.1, 0.15) is 25.8 Å². The van der Waals surface area contributed by atoms with E-state index in [9.17, 15) is 5.26 Å². The van der Waals surface area contributed by atoms with Crippen molar-refractivity contribution in [2.75, 3.05) is 7.11 Å². The molecule has 3 heteroatoms. The van der Waals surface area contributed by atoms with Gasteiger partial charge in [-0.2, -0.15) is 5.26 Å². The molecule has 2 rings (SSSR count). The highest BCUT2D eigenvalue weighted by atomic mass is 35.5. The quantitative estimate of drug-likeness (QED) is 0.786. The lowest BCUT2D eigenvalue weighted by Gasteiger charge is -2.15. The molecule has 0 aromatic heterocycles. The van der Waals surface area contributed by atoms with E-state index in [0.29, 0.717) is 5.02 Å². The second-order valence-corrected chi connectivity index (χ2v) is 5.33. The first kappa shape index (κ1) is 11.3. The Labute approximate surface area is 101 Å². The van der Waals surface area contributed by atoms with E-state index < -0.39 is 5.41 Å². The van der Waals surface area contributed by atoms with Crippen LogP contribution in [0.2, 0.25) is 5.02 Å². The second kappa shape index (κ2) is 3.40. The van der Waals surface area contributed by atoms with E-state index >= 15 is 0 Å². The van der Waals surface area contributed by atoms with Gasteiger partial charge < -0.3 is 4.74 Å². The summed E-state index contributed by atoms with van der Waals surface area (Å²) >= 11 is 6.21. The van der Waals surface area contributed by atoms with Crippen molar-refractivity contribution in [1.29, 1.82) is 5.26 Å². The van der Waals surface area contributed by atoms with Gasteiger partial charge in [-0.3, -0.25) is 0 Å². The van der Waals surface area contributed by atoms with Crippen LogP contribution >= 0.6 is 11.6 Å². The molecule has 0 aliphatic heterocycles. The Morgan fingerprint density at radius 1 is 1.44 bits per heavy atom. The molecular formula is C13H14ClNO. The number of benzene rings is 1. The Morgan fingerprint density at radius 3 is 2.44 bits per heavy atom. The lowest BCUT2D eigenvalue weighted by molar-refractivity contribution is 0.414. The molecule has 0 amide bonds. The molecule has 1 aliphatic rings. The largest absolute Gasteiger partial charge is 0.497 e. The van der Waals surface area contributed by atoms with Crippen molar-refractivity contribution in [3.8, 4) is 11.8 Å². The van der Waals surface area contributed by atoms with Crippen LogP contribution in [-0.4, -0.2) is 7.11 Å². The van der Waals surface area contributed by atoms with Gasteiger partial charge in [-0.15, -0.1) is 0 Å². The maximum absolute atomic E-state index is 9.36. The van der Waals surface area contributed by atoms with Gasteiger partial charge in [0.05, 0.1) is 18.6 Å². The zero-order valence-corrected chi connectivity index (χ0v) is 10.4. The third-order valence-corrected chi connectivity index (χ3v) is 3.88. The van der Waals surface area contributed by atoms with Crippen LogP contribution in [0.15, 0.2) is 18.2 Å². The summed E-state index contributed by atoms with van der Waals surface area (Å²) in [6.45, 7) is 4.19. The molecule has 1 unspecified atom stereocenters. The van der Waals surface area contributed by atoms with Crippen molar-refractivity contribution in [3.05, 3.63) is 28.8 Å². The standard InChI is InChI=1S/C13H14ClNO/c1-12(2)7-13(12,8-15)10-5-4-9(16-3)6-11(10)14/h4-6H,7H2,1-3H3. The van der Waals surface area contributed by atoms with Gasteiger partial charge in [0.2, 0.25) is 0 Å². The first-order valence-corrected chi connectivity index (χ1v) is 5.60. The third-order valence-electron chi connectivity index (χ3n) is 3.56. The summed E-state index contributed by atoms with van der Waals surface area (Å²) in [7, 11) is 1.60. The van der Waals surface area contributed by atoms with Crippen LogP contribution in [0.25, 0.3) is 0 Å². The molecule has 1 atom stereocenters. The van der Waals surface area contributed by atoms with Crippen LogP contribution in [-0.2, 0) is 5.41 Å². The van der Waals surface area contributed by atoms with E-state index in [1.807, 2.05) is 12.1 Å². The molecule has 1 aromatic rings. The maximum atomic E-state index is 9.36. The molecule has 0 bridgehead atoms. The lowest BCUT2D eigenvalue weighted by atomic mass is 9.89. The van der Waals surface area contributed by atoms with Crippen LogP contribution < -0.4 is 4.74 Å². The summed E-state index contributed by atoms with van der Waals surface area (Å²) in [6, 6.07) is 7.94. The van der Waals surface area contributed by atoms with E-state index in [-0.39, 0.29) is 5.41 Å². The summed E-state index contributed by atoms with van der Waals surface area (Å²) in [5.41, 5.74) is 0.513. The summed E-state index contributed by atoms with van der Waals surface area (Å²) in [4.78, 5) is 0. The first-order valence-electron chi connectivity index (χ1n) is 5.22. The molecule has 0 radical (unpaired) electrons. The number of ether oxygens (including phenoxy) is 1. The van der Waals surface area contributed by atoms with Crippen molar-refractivity contribution in [1.82, 2.24) is 0 Å². The van der Waals surface area contributed by atoms with Crippen molar-refractivity contribution >= 4 is 11.6 Å². The Hall–Kier alpha value is -1.20. The fourth-order valence-electron chi connectivity index (χ4n) is 2.30. The average Bonchev–Trinajstić information content (AvgIpc) is 2.81. The fraction of sp³-hybridized carbons (Fsp3) is 0.462. The summed E-state index contributed by atoms with van der Waals surface area (Å²) < 4.78 is 5.10. The van der Waals surface area contributed by atoms with Gasteiger partial charge in [0.1, 0.15) is 5.75 Å². The zero-order chi connectivity index (χ0) is 12.0. The van der Waals surface area contributed by atoms with E-state index in [1.165, 1.54) is 0 Å². The van der Waals surface area contributed by atoms with Crippen molar-refractivity contribution in [2.24, 2.45) is 5.41 Å². The fourth-order valence-corrected chi connectivity index (χ4v) is 2.63. The van der Waals surface area contributed by atoms with E-state index in [1.54, 1.807) is 13.2 Å². The van der Waals surface area contributed by atoms with Gasteiger partial charge in [0.25, 0.3) is 0 Å². The average molecular weight is 236 g/mol. The van der Waals surface area contributed by atoms with Crippen molar-refractivity contribution in [2.45, 2.75) is 25.7 Å². The molecule has 16 heavy (non-hydrogen) atoms. The Balaban J connectivity index is 2.47. The van der Waals surface area contributed by atoms with Gasteiger partial charge >= 0.3 is 0 Å². The van der Waals surface area contributed by atoms with Crippen LogP contribution in [0.3, 0.4) is 0 Å². The minimum atomic E-state index is -0.420. The molecule has 1 aromatic carbocycles. The number of hydrogen-bond acceptors (Lipinski definition) is 2. The Morgan fingerprint density at radius 2 is 2.06 bits per heavy atom. The SMILES string of the molecule is COc1ccc(C2(C#N)CC2(C)C)c(Cl)c1. The molecule has 1 fully saturated rings. The molecule has 2 nitrogen and oxygen atoms in total. The molecule has 84 valence electrons. The van der Waals surface area contributed by atoms with Crippen LogP contribution in [0.5, 0.6) is 5.75 Å². The monoisotopic (exact) mass is 235 g/mol. The Bertz CT molecular complexity index is 475. The molecule has 1 aliphatic carbocycles. The topological polar surface area (TPSA) is 33.0 Å². The third kappa shape index (κ3) is 1.39. The summed E-state index contributed by atoms with van der Waals surface area (Å²) in [5, 5.41) is 9.97. The Kier molecular flexibility index (Phi) is 2.40. The smallest absolute Gasteiger partial charge is 0.120 e. The minimum absolute atomic E-state index is 0.0139. The number of methoxy groups -OCH3 is 1. The predicted octanol–water partition coefficient (Wildman–Crippen LogP) is 3.54. The summed E-state index contributed by atoms with van der Waals surface area (Å²) in [5.74, 6) is 0.722.